The smallest absolute Gasteiger partial charge is 0.312 e. The average Bonchev–Trinajstić information content (AvgIpc) is 3.29. The van der Waals surface area contributed by atoms with Crippen molar-refractivity contribution in [2.24, 2.45) is 0 Å². The van der Waals surface area contributed by atoms with Gasteiger partial charge < -0.3 is 37.9 Å². The normalized spacial score (nSPS) is 16.4. The van der Waals surface area contributed by atoms with Gasteiger partial charge in [-0.15, -0.1) is 0 Å². The van der Waals surface area contributed by atoms with E-state index in [1.54, 1.807) is 42.5 Å². The van der Waals surface area contributed by atoms with Gasteiger partial charge in [0.05, 0.1) is 54.6 Å². The molecule has 208 valence electrons. The Morgan fingerprint density at radius 2 is 1.38 bits per heavy atom. The van der Waals surface area contributed by atoms with Gasteiger partial charge >= 0.3 is 5.97 Å². The first kappa shape index (κ1) is 26.7. The Morgan fingerprint density at radius 3 is 1.98 bits per heavy atom. The number of ether oxygens (including phenoxy) is 8. The van der Waals surface area contributed by atoms with Gasteiger partial charge in [-0.05, 0) is 42.0 Å². The second kappa shape index (κ2) is 10.7. The largest absolute Gasteiger partial charge is 0.493 e. The molecule has 2 aliphatic heterocycles. The SMILES string of the molecule is COc1cc(/C=C2\Oc3c(ccc4c3[C@@H](c3ccc(OC)c(OC)c3OC)CC(=O)O4)C2=O)cc(OC)c1OC. The number of Topliss-reactive ketones (excluding diaryl/α,β-unsaturated/α-hetero) is 1. The molecule has 0 radical (unpaired) electrons. The van der Waals surface area contributed by atoms with E-state index in [0.29, 0.717) is 68.2 Å². The number of benzene rings is 3. The van der Waals surface area contributed by atoms with Crippen LogP contribution in [0.2, 0.25) is 0 Å². The van der Waals surface area contributed by atoms with Crippen LogP contribution in [0.1, 0.15) is 39.4 Å². The second-order valence-corrected chi connectivity index (χ2v) is 8.91. The third-order valence-corrected chi connectivity index (χ3v) is 6.87. The van der Waals surface area contributed by atoms with Crippen LogP contribution in [0.25, 0.3) is 6.08 Å². The minimum Gasteiger partial charge on any atom is -0.493 e. The molecule has 0 unspecified atom stereocenters. The molecular formula is C30H28O10. The van der Waals surface area contributed by atoms with Gasteiger partial charge in [0.1, 0.15) is 11.5 Å². The lowest BCUT2D eigenvalue weighted by molar-refractivity contribution is -0.135. The average molecular weight is 549 g/mol. The number of ketones is 1. The van der Waals surface area contributed by atoms with Gasteiger partial charge in [0.25, 0.3) is 0 Å². The van der Waals surface area contributed by atoms with Gasteiger partial charge in [0.15, 0.2) is 28.8 Å². The highest BCUT2D eigenvalue weighted by Gasteiger charge is 2.40. The Kier molecular flexibility index (Phi) is 7.17. The van der Waals surface area contributed by atoms with Crippen LogP contribution in [0, 0.1) is 0 Å². The van der Waals surface area contributed by atoms with E-state index >= 15 is 0 Å². The lowest BCUT2D eigenvalue weighted by Gasteiger charge is -2.28. The molecule has 3 aromatic carbocycles. The van der Waals surface area contributed by atoms with Crippen molar-refractivity contribution in [3.63, 3.8) is 0 Å². The zero-order valence-electron chi connectivity index (χ0n) is 22.9. The summed E-state index contributed by atoms with van der Waals surface area (Å²) in [7, 11) is 9.08. The van der Waals surface area contributed by atoms with Crippen molar-refractivity contribution < 1.29 is 47.5 Å². The third kappa shape index (κ3) is 4.31. The standard InChI is InChI=1S/C30H28O10/c1-33-20-10-7-16(28(36-4)30(20)38-6)18-14-24(31)39-19-9-8-17-26(32)21(40-27(17)25(18)19)11-15-12-22(34-2)29(37-5)23(13-15)35-3/h7-13,18H,14H2,1-6H3/b21-11-/t18-/m1/s1. The Balaban J connectivity index is 1.63. The maximum absolute atomic E-state index is 13.5. The number of carbonyl (C=O) groups is 2. The number of esters is 1. The van der Waals surface area contributed by atoms with Gasteiger partial charge in [-0.1, -0.05) is 6.07 Å². The van der Waals surface area contributed by atoms with Crippen molar-refractivity contribution in [2.75, 3.05) is 42.7 Å². The molecule has 3 aromatic rings. The molecule has 0 aliphatic carbocycles. The van der Waals surface area contributed by atoms with Crippen molar-refractivity contribution in [2.45, 2.75) is 12.3 Å². The van der Waals surface area contributed by atoms with E-state index in [-0.39, 0.29) is 18.0 Å². The first-order valence-corrected chi connectivity index (χ1v) is 12.3. The first-order valence-electron chi connectivity index (χ1n) is 12.3. The molecule has 0 saturated carbocycles. The van der Waals surface area contributed by atoms with Gasteiger partial charge in [0, 0.05) is 17.0 Å². The molecule has 10 nitrogen and oxygen atoms in total. The first-order chi connectivity index (χ1) is 19.4. The molecular weight excluding hydrogens is 520 g/mol. The predicted octanol–water partition coefficient (Wildman–Crippen LogP) is 4.80. The number of fused-ring (bicyclic) bond motifs is 3. The van der Waals surface area contributed by atoms with E-state index in [4.69, 9.17) is 37.9 Å². The molecule has 2 aliphatic rings. The van der Waals surface area contributed by atoms with Gasteiger partial charge in [-0.25, -0.2) is 0 Å². The molecule has 40 heavy (non-hydrogen) atoms. The number of rotatable bonds is 8. The lowest BCUT2D eigenvalue weighted by atomic mass is 9.84. The van der Waals surface area contributed by atoms with Crippen LogP contribution in [-0.2, 0) is 4.79 Å². The minimum absolute atomic E-state index is 0.00122. The summed E-state index contributed by atoms with van der Waals surface area (Å²) < 4.78 is 44.7. The van der Waals surface area contributed by atoms with Crippen molar-refractivity contribution in [1.29, 1.82) is 0 Å². The number of hydrogen-bond donors (Lipinski definition) is 0. The number of carbonyl (C=O) groups excluding carboxylic acids is 2. The zero-order chi connectivity index (χ0) is 28.6. The van der Waals surface area contributed by atoms with Crippen molar-refractivity contribution in [3.8, 4) is 46.0 Å². The Labute approximate surface area is 230 Å². The van der Waals surface area contributed by atoms with E-state index in [2.05, 4.69) is 0 Å². The van der Waals surface area contributed by atoms with Crippen LogP contribution in [0.5, 0.6) is 46.0 Å². The fraction of sp³-hybridized carbons (Fsp3) is 0.267. The Bertz CT molecular complexity index is 1510. The van der Waals surface area contributed by atoms with E-state index in [9.17, 15) is 9.59 Å². The third-order valence-electron chi connectivity index (χ3n) is 6.87. The van der Waals surface area contributed by atoms with Crippen molar-refractivity contribution >= 4 is 17.8 Å². The number of hydrogen-bond acceptors (Lipinski definition) is 10. The molecule has 0 spiro atoms. The molecule has 0 saturated heterocycles. The van der Waals surface area contributed by atoms with Crippen molar-refractivity contribution in [1.82, 2.24) is 0 Å². The summed E-state index contributed by atoms with van der Waals surface area (Å²) in [6, 6.07) is 10.2. The van der Waals surface area contributed by atoms with E-state index < -0.39 is 11.9 Å². The monoisotopic (exact) mass is 548 g/mol. The van der Waals surface area contributed by atoms with Crippen LogP contribution in [0.4, 0.5) is 0 Å². The second-order valence-electron chi connectivity index (χ2n) is 8.91. The minimum atomic E-state index is -0.547. The molecule has 0 aromatic heterocycles. The molecule has 0 fully saturated rings. The molecule has 2 heterocycles. The molecule has 5 rings (SSSR count). The summed E-state index contributed by atoms with van der Waals surface area (Å²) >= 11 is 0. The molecule has 1 atom stereocenters. The highest BCUT2D eigenvalue weighted by atomic mass is 16.5. The maximum atomic E-state index is 13.5. The highest BCUT2D eigenvalue weighted by molar-refractivity contribution is 6.15. The predicted molar refractivity (Wildman–Crippen MR) is 144 cm³/mol. The summed E-state index contributed by atoms with van der Waals surface area (Å²) in [5, 5.41) is 0. The van der Waals surface area contributed by atoms with Crippen molar-refractivity contribution in [3.05, 3.63) is 64.4 Å². The van der Waals surface area contributed by atoms with Gasteiger partial charge in [-0.2, -0.15) is 0 Å². The fourth-order valence-corrected chi connectivity index (χ4v) is 5.11. The molecule has 0 amide bonds. The summed E-state index contributed by atoms with van der Waals surface area (Å²) in [5.41, 5.74) is 2.16. The zero-order valence-corrected chi connectivity index (χ0v) is 22.9. The van der Waals surface area contributed by atoms with Crippen LogP contribution >= 0.6 is 0 Å². The van der Waals surface area contributed by atoms with Crippen LogP contribution in [-0.4, -0.2) is 54.4 Å². The van der Waals surface area contributed by atoms with Gasteiger partial charge in [-0.3, -0.25) is 9.59 Å². The quantitative estimate of drug-likeness (QED) is 0.221. The summed E-state index contributed by atoms with van der Waals surface area (Å²) in [4.78, 5) is 26.1. The molecule has 10 heteroatoms. The summed E-state index contributed by atoms with van der Waals surface area (Å²) in [6.45, 7) is 0. The topological polar surface area (TPSA) is 108 Å². The summed E-state index contributed by atoms with van der Waals surface area (Å²) in [5.74, 6) is 1.98. The van der Waals surface area contributed by atoms with Crippen LogP contribution in [0.15, 0.2) is 42.2 Å². The fourth-order valence-electron chi connectivity index (χ4n) is 5.11. The summed E-state index contributed by atoms with van der Waals surface area (Å²) in [6.07, 6.45) is 1.60. The van der Waals surface area contributed by atoms with E-state index in [1.165, 1.54) is 42.7 Å². The molecule has 0 N–H and O–H groups in total. The van der Waals surface area contributed by atoms with Gasteiger partial charge in [0.2, 0.25) is 17.3 Å². The Hall–Kier alpha value is -4.86. The number of allylic oxidation sites excluding steroid dienone is 1. The van der Waals surface area contributed by atoms with E-state index in [0.717, 1.165) is 0 Å². The maximum Gasteiger partial charge on any atom is 0.312 e. The van der Waals surface area contributed by atoms with E-state index in [1.807, 2.05) is 0 Å². The Morgan fingerprint density at radius 1 is 0.725 bits per heavy atom. The number of methoxy groups -OCH3 is 6. The van der Waals surface area contributed by atoms with Crippen LogP contribution in [0.3, 0.4) is 0 Å². The van der Waals surface area contributed by atoms with Crippen LogP contribution < -0.4 is 37.9 Å². The lowest BCUT2D eigenvalue weighted by Crippen LogP contribution is -2.22. The highest BCUT2D eigenvalue weighted by Crippen LogP contribution is 2.53. The molecule has 0 bridgehead atoms.